The molecule has 186 valence electrons. The number of nitrogens with zero attached hydrogens (tertiary/aromatic N) is 1. The Hall–Kier alpha value is -3.12. The number of carbonyl (C=O) groups excluding carboxylic acids is 4. The first kappa shape index (κ1) is 27.1. The van der Waals surface area contributed by atoms with Gasteiger partial charge in [0.05, 0.1) is 6.04 Å². The van der Waals surface area contributed by atoms with Gasteiger partial charge in [-0.05, 0) is 31.2 Å². The molecule has 0 aromatic heterocycles. The van der Waals surface area contributed by atoms with E-state index < -0.39 is 47.9 Å². The Morgan fingerprint density at radius 1 is 1.12 bits per heavy atom. The molecule has 0 saturated carbocycles. The van der Waals surface area contributed by atoms with Crippen LogP contribution in [0.25, 0.3) is 0 Å². The third-order valence-electron chi connectivity index (χ3n) is 5.56. The van der Waals surface area contributed by atoms with E-state index in [4.69, 9.17) is 11.5 Å². The zero-order valence-electron chi connectivity index (χ0n) is 18.7. The predicted molar refractivity (Wildman–Crippen MR) is 127 cm³/mol. The van der Waals surface area contributed by atoms with Gasteiger partial charge >= 0.3 is 5.97 Å². The summed E-state index contributed by atoms with van der Waals surface area (Å²) in [4.78, 5) is 62.1. The normalized spacial score (nSPS) is 17.9. The Bertz CT molecular complexity index is 899. The molecule has 4 unspecified atom stereocenters. The van der Waals surface area contributed by atoms with Crippen LogP contribution in [0.15, 0.2) is 30.3 Å². The van der Waals surface area contributed by atoms with Gasteiger partial charge in [-0.2, -0.15) is 12.6 Å². The highest BCUT2D eigenvalue weighted by Crippen LogP contribution is 2.19. The van der Waals surface area contributed by atoms with E-state index in [1.54, 1.807) is 0 Å². The first-order chi connectivity index (χ1) is 16.1. The lowest BCUT2D eigenvalue weighted by atomic mass is 10.0. The molecular weight excluding hydrogens is 462 g/mol. The highest BCUT2D eigenvalue weighted by molar-refractivity contribution is 7.80. The molecule has 34 heavy (non-hydrogen) atoms. The molecule has 0 spiro atoms. The highest BCUT2D eigenvalue weighted by Gasteiger charge is 2.37. The van der Waals surface area contributed by atoms with Crippen molar-refractivity contribution >= 4 is 42.2 Å². The Labute approximate surface area is 203 Å². The van der Waals surface area contributed by atoms with Gasteiger partial charge in [0.25, 0.3) is 0 Å². The first-order valence-electron chi connectivity index (χ1n) is 11.0. The molecule has 1 fully saturated rings. The molecule has 4 amide bonds. The SMILES string of the molecule is NC(=O)CCC(NC(=O)C(CS)NC(=O)C1CCCN1C(=O)C(N)Cc1ccccc1)C(=O)O. The van der Waals surface area contributed by atoms with Crippen molar-refractivity contribution in [1.82, 2.24) is 15.5 Å². The minimum atomic E-state index is -1.35. The van der Waals surface area contributed by atoms with Crippen LogP contribution in [0.5, 0.6) is 0 Å². The van der Waals surface area contributed by atoms with E-state index in [-0.39, 0.29) is 24.5 Å². The van der Waals surface area contributed by atoms with Crippen molar-refractivity contribution in [1.29, 1.82) is 0 Å². The summed E-state index contributed by atoms with van der Waals surface area (Å²) in [6.45, 7) is 0.366. The van der Waals surface area contributed by atoms with E-state index in [1.165, 1.54) is 4.90 Å². The lowest BCUT2D eigenvalue weighted by Gasteiger charge is -2.28. The van der Waals surface area contributed by atoms with Crippen LogP contribution in [0.1, 0.15) is 31.2 Å². The Morgan fingerprint density at radius 2 is 1.79 bits per heavy atom. The minimum absolute atomic E-state index is 0.103. The molecule has 4 atom stereocenters. The van der Waals surface area contributed by atoms with E-state index in [1.807, 2.05) is 30.3 Å². The Balaban J connectivity index is 1.99. The van der Waals surface area contributed by atoms with Gasteiger partial charge in [0.15, 0.2) is 0 Å². The first-order valence-corrected chi connectivity index (χ1v) is 11.6. The Morgan fingerprint density at radius 3 is 2.38 bits per heavy atom. The van der Waals surface area contributed by atoms with E-state index in [0.717, 1.165) is 5.56 Å². The molecule has 12 heteroatoms. The summed E-state index contributed by atoms with van der Waals surface area (Å²) in [5, 5.41) is 14.1. The number of likely N-dealkylation sites (tertiary alicyclic amines) is 1. The molecule has 1 aliphatic rings. The number of carboxylic acid groups (broad SMARTS) is 1. The van der Waals surface area contributed by atoms with Crippen molar-refractivity contribution < 1.29 is 29.1 Å². The molecule has 0 radical (unpaired) electrons. The summed E-state index contributed by atoms with van der Waals surface area (Å²) < 4.78 is 0. The number of nitrogens with two attached hydrogens (primary N) is 2. The molecule has 1 aliphatic heterocycles. The second-order valence-corrected chi connectivity index (χ2v) is 8.50. The maximum atomic E-state index is 12.9. The van der Waals surface area contributed by atoms with Crippen molar-refractivity contribution in [3.63, 3.8) is 0 Å². The molecule has 1 heterocycles. The van der Waals surface area contributed by atoms with Crippen LogP contribution in [-0.4, -0.2) is 76.1 Å². The van der Waals surface area contributed by atoms with Gasteiger partial charge in [-0.15, -0.1) is 0 Å². The van der Waals surface area contributed by atoms with Crippen molar-refractivity contribution in [3.05, 3.63) is 35.9 Å². The van der Waals surface area contributed by atoms with E-state index in [2.05, 4.69) is 23.3 Å². The standard InChI is InChI=1S/C22H31N5O6S/c23-14(11-13-5-2-1-3-6-13)21(31)27-10-4-7-17(27)20(30)26-16(12-34)19(29)25-15(22(32)33)8-9-18(24)28/h1-3,5-6,14-17,34H,4,7-12,23H2,(H2,24,28)(H,25,29)(H,26,30)(H,32,33). The Kier molecular flexibility index (Phi) is 10.3. The number of aliphatic carboxylic acids is 1. The lowest BCUT2D eigenvalue weighted by Crippen LogP contribution is -2.57. The van der Waals surface area contributed by atoms with Crippen LogP contribution in [-0.2, 0) is 30.4 Å². The molecule has 1 aromatic rings. The monoisotopic (exact) mass is 493 g/mol. The average molecular weight is 494 g/mol. The summed E-state index contributed by atoms with van der Waals surface area (Å²) in [5.74, 6) is -3.80. The molecule has 1 aromatic carbocycles. The smallest absolute Gasteiger partial charge is 0.326 e. The number of hydrogen-bond acceptors (Lipinski definition) is 7. The number of carboxylic acids is 1. The van der Waals surface area contributed by atoms with Crippen LogP contribution >= 0.6 is 12.6 Å². The quantitative estimate of drug-likeness (QED) is 0.197. The largest absolute Gasteiger partial charge is 0.480 e. The number of rotatable bonds is 12. The number of amides is 4. The van der Waals surface area contributed by atoms with Gasteiger partial charge < -0.3 is 32.1 Å². The number of hydrogen-bond donors (Lipinski definition) is 6. The number of primary amides is 1. The summed E-state index contributed by atoms with van der Waals surface area (Å²) >= 11 is 4.08. The molecule has 7 N–H and O–H groups in total. The molecule has 11 nitrogen and oxygen atoms in total. The third-order valence-corrected chi connectivity index (χ3v) is 5.93. The van der Waals surface area contributed by atoms with Gasteiger partial charge in [0, 0.05) is 18.7 Å². The van der Waals surface area contributed by atoms with Gasteiger partial charge in [-0.25, -0.2) is 4.79 Å². The number of nitrogens with one attached hydrogen (secondary N) is 2. The van der Waals surface area contributed by atoms with Gasteiger partial charge in [0.1, 0.15) is 18.1 Å². The van der Waals surface area contributed by atoms with E-state index in [0.29, 0.717) is 25.8 Å². The second kappa shape index (κ2) is 12.9. The van der Waals surface area contributed by atoms with Crippen LogP contribution in [0, 0.1) is 0 Å². The molecule has 0 aliphatic carbocycles. The van der Waals surface area contributed by atoms with Crippen LogP contribution in [0.4, 0.5) is 0 Å². The molecular formula is C22H31N5O6S. The fraction of sp³-hybridized carbons (Fsp3) is 0.500. The fourth-order valence-corrected chi connectivity index (χ4v) is 4.01. The highest BCUT2D eigenvalue weighted by atomic mass is 32.1. The summed E-state index contributed by atoms with van der Waals surface area (Å²) in [6.07, 6.45) is 0.931. The summed E-state index contributed by atoms with van der Waals surface area (Å²) in [6, 6.07) is 5.20. The minimum Gasteiger partial charge on any atom is -0.480 e. The zero-order chi connectivity index (χ0) is 25.3. The molecule has 2 rings (SSSR count). The molecule has 1 saturated heterocycles. The van der Waals surface area contributed by atoms with Crippen LogP contribution in [0.3, 0.4) is 0 Å². The van der Waals surface area contributed by atoms with Crippen molar-refractivity contribution in [2.75, 3.05) is 12.3 Å². The van der Waals surface area contributed by atoms with Crippen LogP contribution < -0.4 is 22.1 Å². The number of benzene rings is 1. The van der Waals surface area contributed by atoms with Crippen molar-refractivity contribution in [2.45, 2.75) is 56.3 Å². The van der Waals surface area contributed by atoms with Gasteiger partial charge in [-0.1, -0.05) is 30.3 Å². The average Bonchev–Trinajstić information content (AvgIpc) is 3.29. The molecule has 0 bridgehead atoms. The summed E-state index contributed by atoms with van der Waals surface area (Å²) in [7, 11) is 0. The lowest BCUT2D eigenvalue weighted by molar-refractivity contribution is -0.143. The predicted octanol–water partition coefficient (Wildman–Crippen LogP) is -1.20. The maximum Gasteiger partial charge on any atom is 0.326 e. The second-order valence-electron chi connectivity index (χ2n) is 8.13. The van der Waals surface area contributed by atoms with Gasteiger partial charge in [0.2, 0.25) is 23.6 Å². The van der Waals surface area contributed by atoms with Gasteiger partial charge in [-0.3, -0.25) is 19.2 Å². The topological polar surface area (TPSA) is 185 Å². The number of carbonyl (C=O) groups is 5. The van der Waals surface area contributed by atoms with Crippen molar-refractivity contribution in [3.8, 4) is 0 Å². The van der Waals surface area contributed by atoms with Crippen molar-refractivity contribution in [2.24, 2.45) is 11.5 Å². The van der Waals surface area contributed by atoms with Crippen LogP contribution in [0.2, 0.25) is 0 Å². The van der Waals surface area contributed by atoms with E-state index in [9.17, 15) is 29.1 Å². The summed E-state index contributed by atoms with van der Waals surface area (Å²) in [5.41, 5.74) is 12.1. The zero-order valence-corrected chi connectivity index (χ0v) is 19.6. The fourth-order valence-electron chi connectivity index (χ4n) is 3.75. The number of thiol groups is 1. The van der Waals surface area contributed by atoms with E-state index >= 15 is 0 Å². The third kappa shape index (κ3) is 7.73. The maximum absolute atomic E-state index is 12.9.